The molecule has 0 bridgehead atoms. The lowest BCUT2D eigenvalue weighted by molar-refractivity contribution is 0.0828. The first kappa shape index (κ1) is 12.6. The van der Waals surface area contributed by atoms with Gasteiger partial charge in [-0.2, -0.15) is 23.5 Å². The van der Waals surface area contributed by atoms with Crippen LogP contribution in [0.25, 0.3) is 0 Å². The van der Waals surface area contributed by atoms with Crippen molar-refractivity contribution < 1.29 is 10.2 Å². The van der Waals surface area contributed by atoms with E-state index in [9.17, 15) is 10.2 Å². The van der Waals surface area contributed by atoms with Crippen molar-refractivity contribution in [1.82, 2.24) is 4.90 Å². The molecule has 17 heavy (non-hydrogen) atoms. The molecule has 3 rings (SSSR count). The topological polar surface area (TPSA) is 43.7 Å². The second kappa shape index (κ2) is 4.93. The second-order valence-electron chi connectivity index (χ2n) is 5.52. The van der Waals surface area contributed by atoms with Crippen molar-refractivity contribution >= 4 is 23.5 Å². The molecule has 5 heteroatoms. The number of rotatable bonds is 3. The highest BCUT2D eigenvalue weighted by atomic mass is 32.2. The lowest BCUT2D eigenvalue weighted by Gasteiger charge is -2.30. The number of piperidine rings is 1. The molecule has 0 spiro atoms. The number of nitrogens with zero attached hydrogens (tertiary/aromatic N) is 1. The molecule has 2 aliphatic heterocycles. The van der Waals surface area contributed by atoms with E-state index in [0.717, 1.165) is 19.1 Å². The maximum absolute atomic E-state index is 9.42. The third-order valence-corrected chi connectivity index (χ3v) is 7.30. The Bertz CT molecular complexity index is 264. The third kappa shape index (κ3) is 2.04. The molecule has 98 valence electrons. The zero-order valence-corrected chi connectivity index (χ0v) is 11.7. The summed E-state index contributed by atoms with van der Waals surface area (Å²) in [6.45, 7) is 2.52. The monoisotopic (exact) mass is 275 g/mol. The molecule has 2 N–H and O–H groups in total. The molecule has 1 aliphatic carbocycles. The molecule has 0 radical (unpaired) electrons. The number of aliphatic hydroxyl groups excluding tert-OH is 2. The molecular formula is C12H21NO2S2. The van der Waals surface area contributed by atoms with Gasteiger partial charge in [-0.1, -0.05) is 0 Å². The van der Waals surface area contributed by atoms with E-state index < -0.39 is 0 Å². The van der Waals surface area contributed by atoms with Gasteiger partial charge in [0, 0.05) is 47.6 Å². The number of aliphatic hydroxyl groups is 2. The largest absolute Gasteiger partial charge is 0.396 e. The molecule has 1 saturated carbocycles. The lowest BCUT2D eigenvalue weighted by Crippen LogP contribution is -2.41. The summed E-state index contributed by atoms with van der Waals surface area (Å²) in [5.41, 5.74) is -0.123. The van der Waals surface area contributed by atoms with Crippen molar-refractivity contribution in [3.8, 4) is 0 Å². The van der Waals surface area contributed by atoms with Gasteiger partial charge in [0.2, 0.25) is 0 Å². The predicted octanol–water partition coefficient (Wildman–Crippen LogP) is 0.368. The molecule has 0 amide bonds. The summed E-state index contributed by atoms with van der Waals surface area (Å²) in [6.07, 6.45) is 0. The van der Waals surface area contributed by atoms with Gasteiger partial charge in [-0.3, -0.25) is 4.90 Å². The van der Waals surface area contributed by atoms with Crippen LogP contribution in [0.2, 0.25) is 0 Å². The number of hydrogen-bond acceptors (Lipinski definition) is 5. The van der Waals surface area contributed by atoms with Gasteiger partial charge in [0.15, 0.2) is 0 Å². The van der Waals surface area contributed by atoms with Crippen LogP contribution < -0.4 is 0 Å². The van der Waals surface area contributed by atoms with Crippen molar-refractivity contribution in [3.63, 3.8) is 0 Å². The minimum absolute atomic E-state index is 0.123. The first-order chi connectivity index (χ1) is 8.31. The van der Waals surface area contributed by atoms with E-state index in [0.29, 0.717) is 11.8 Å². The number of fused-ring (bicyclic) bond motifs is 1. The van der Waals surface area contributed by atoms with Crippen LogP contribution in [0, 0.1) is 17.3 Å². The van der Waals surface area contributed by atoms with Crippen LogP contribution in [0.3, 0.4) is 0 Å². The standard InChI is InChI=1S/C12H21NO2S2/c14-7-12(8-15)10-3-13(4-11(10)12)9-5-16-1-2-17-6-9/h9-11,14-15H,1-8H2. The molecule has 0 aromatic rings. The average molecular weight is 275 g/mol. The van der Waals surface area contributed by atoms with Gasteiger partial charge in [0.1, 0.15) is 0 Å². The Morgan fingerprint density at radius 2 is 1.53 bits per heavy atom. The summed E-state index contributed by atoms with van der Waals surface area (Å²) in [5.74, 6) is 6.21. The minimum atomic E-state index is -0.123. The fraction of sp³-hybridized carbons (Fsp3) is 1.00. The van der Waals surface area contributed by atoms with E-state index in [2.05, 4.69) is 28.4 Å². The first-order valence-electron chi connectivity index (χ1n) is 6.43. The van der Waals surface area contributed by atoms with Gasteiger partial charge >= 0.3 is 0 Å². The quantitative estimate of drug-likeness (QED) is 0.779. The van der Waals surface area contributed by atoms with Crippen molar-refractivity contribution in [2.24, 2.45) is 17.3 Å². The van der Waals surface area contributed by atoms with Crippen LogP contribution in [-0.2, 0) is 0 Å². The SMILES string of the molecule is OCC1(CO)C2CN(C3CSCCSC3)CC21. The molecular weight excluding hydrogens is 254 g/mol. The Hall–Kier alpha value is 0.580. The summed E-state index contributed by atoms with van der Waals surface area (Å²) < 4.78 is 0. The van der Waals surface area contributed by atoms with E-state index >= 15 is 0 Å². The molecule has 2 unspecified atom stereocenters. The smallest absolute Gasteiger partial charge is 0.0515 e. The lowest BCUT2D eigenvalue weighted by atomic mass is 10.0. The third-order valence-electron chi connectivity index (χ3n) is 4.81. The van der Waals surface area contributed by atoms with Crippen LogP contribution >= 0.6 is 23.5 Å². The highest BCUT2D eigenvalue weighted by molar-refractivity contribution is 8.03. The Morgan fingerprint density at radius 1 is 1.00 bits per heavy atom. The molecule has 0 aromatic heterocycles. The van der Waals surface area contributed by atoms with E-state index in [1.54, 1.807) is 0 Å². The highest BCUT2D eigenvalue weighted by Crippen LogP contribution is 2.62. The molecule has 3 nitrogen and oxygen atoms in total. The summed E-state index contributed by atoms with van der Waals surface area (Å²) >= 11 is 4.15. The maximum Gasteiger partial charge on any atom is 0.0515 e. The van der Waals surface area contributed by atoms with Gasteiger partial charge < -0.3 is 10.2 Å². The maximum atomic E-state index is 9.42. The molecule has 3 fully saturated rings. The van der Waals surface area contributed by atoms with E-state index in [-0.39, 0.29) is 18.6 Å². The Morgan fingerprint density at radius 3 is 2.00 bits per heavy atom. The molecule has 2 atom stereocenters. The van der Waals surface area contributed by atoms with Crippen molar-refractivity contribution in [3.05, 3.63) is 0 Å². The highest BCUT2D eigenvalue weighted by Gasteiger charge is 2.67. The normalized spacial score (nSPS) is 37.8. The Labute approximate surface area is 111 Å². The molecule has 2 heterocycles. The molecule has 3 aliphatic rings. The van der Waals surface area contributed by atoms with Crippen molar-refractivity contribution in [1.29, 1.82) is 0 Å². The fourth-order valence-corrected chi connectivity index (χ4v) is 6.13. The molecule has 2 saturated heterocycles. The average Bonchev–Trinajstić information content (AvgIpc) is 2.89. The zero-order chi connectivity index (χ0) is 11.9. The van der Waals surface area contributed by atoms with E-state index in [1.165, 1.54) is 23.0 Å². The Kier molecular flexibility index (Phi) is 3.65. The van der Waals surface area contributed by atoms with Gasteiger partial charge in [0.25, 0.3) is 0 Å². The number of hydrogen-bond donors (Lipinski definition) is 2. The summed E-state index contributed by atoms with van der Waals surface area (Å²) in [7, 11) is 0. The first-order valence-corrected chi connectivity index (χ1v) is 8.74. The van der Waals surface area contributed by atoms with Crippen LogP contribution in [0.5, 0.6) is 0 Å². The number of likely N-dealkylation sites (tertiary alicyclic amines) is 1. The van der Waals surface area contributed by atoms with Crippen LogP contribution in [0.15, 0.2) is 0 Å². The Balaban J connectivity index is 1.57. The van der Waals surface area contributed by atoms with Crippen LogP contribution in [0.1, 0.15) is 0 Å². The fourth-order valence-electron chi connectivity index (χ4n) is 3.50. The van der Waals surface area contributed by atoms with Crippen LogP contribution in [-0.4, -0.2) is 70.5 Å². The van der Waals surface area contributed by atoms with Crippen LogP contribution in [0.4, 0.5) is 0 Å². The summed E-state index contributed by atoms with van der Waals surface area (Å²) in [5, 5.41) is 18.8. The van der Waals surface area contributed by atoms with Gasteiger partial charge in [0.05, 0.1) is 13.2 Å². The summed E-state index contributed by atoms with van der Waals surface area (Å²) in [4.78, 5) is 2.60. The van der Waals surface area contributed by atoms with E-state index in [4.69, 9.17) is 0 Å². The zero-order valence-electron chi connectivity index (χ0n) is 10.0. The minimum Gasteiger partial charge on any atom is -0.396 e. The summed E-state index contributed by atoms with van der Waals surface area (Å²) in [6, 6.07) is 0.718. The van der Waals surface area contributed by atoms with Gasteiger partial charge in [-0.15, -0.1) is 0 Å². The second-order valence-corrected chi connectivity index (χ2v) is 7.82. The van der Waals surface area contributed by atoms with Gasteiger partial charge in [-0.25, -0.2) is 0 Å². The van der Waals surface area contributed by atoms with Crippen molar-refractivity contribution in [2.75, 3.05) is 49.3 Å². The van der Waals surface area contributed by atoms with E-state index in [1.807, 2.05) is 0 Å². The van der Waals surface area contributed by atoms with Gasteiger partial charge in [-0.05, 0) is 11.8 Å². The molecule has 0 aromatic carbocycles. The predicted molar refractivity (Wildman–Crippen MR) is 73.6 cm³/mol. The van der Waals surface area contributed by atoms with Crippen molar-refractivity contribution in [2.45, 2.75) is 6.04 Å². The number of thioether (sulfide) groups is 2.